The minimum Gasteiger partial charge on any atom is -0.314 e. The average Bonchev–Trinajstić information content (AvgIpc) is 3.06. The van der Waals surface area contributed by atoms with E-state index >= 15 is 0 Å². The molecule has 9 rings (SSSR count). The van der Waals surface area contributed by atoms with Gasteiger partial charge in [-0.2, -0.15) is 0 Å². The molecule has 0 saturated heterocycles. The third-order valence-electron chi connectivity index (χ3n) is 9.35. The lowest BCUT2D eigenvalue weighted by Gasteiger charge is -2.18. The fourth-order valence-corrected chi connectivity index (χ4v) is 9.06. The molecule has 0 heterocycles. The summed E-state index contributed by atoms with van der Waals surface area (Å²) in [5, 5.41) is 17.0. The Morgan fingerprint density at radius 2 is 0.860 bits per heavy atom. The summed E-state index contributed by atoms with van der Waals surface area (Å²) >= 11 is 0. The minimum absolute atomic E-state index is 0.876. The molecule has 1 atom stereocenters. The monoisotopic (exact) mass is 566 g/mol. The molecule has 0 aromatic heterocycles. The van der Waals surface area contributed by atoms with Crippen LogP contribution >= 0.6 is 7.14 Å². The van der Waals surface area contributed by atoms with Gasteiger partial charge < -0.3 is 4.57 Å². The Hall–Kier alpha value is -4.97. The maximum atomic E-state index is 14.1. The highest BCUT2D eigenvalue weighted by Crippen LogP contribution is 2.45. The van der Waals surface area contributed by atoms with Crippen molar-refractivity contribution in [3.63, 3.8) is 0 Å². The van der Waals surface area contributed by atoms with Crippen molar-refractivity contribution in [3.8, 4) is 11.1 Å². The Bertz CT molecular complexity index is 2590. The maximum absolute atomic E-state index is 14.1. The number of hydrogen-bond acceptors (Lipinski definition) is 1. The van der Waals surface area contributed by atoms with Crippen LogP contribution in [0.2, 0.25) is 0 Å². The molecule has 0 N–H and O–H groups in total. The van der Waals surface area contributed by atoms with Crippen LogP contribution in [0.3, 0.4) is 0 Å². The molecule has 9 aromatic rings. The molecule has 0 aliphatic rings. The van der Waals surface area contributed by atoms with E-state index in [2.05, 4.69) is 103 Å². The zero-order valence-electron chi connectivity index (χ0n) is 23.7. The largest absolute Gasteiger partial charge is 0.314 e. The van der Waals surface area contributed by atoms with Gasteiger partial charge in [0.2, 0.25) is 0 Å². The molecule has 43 heavy (non-hydrogen) atoms. The highest BCUT2D eigenvalue weighted by molar-refractivity contribution is 7.78. The molecule has 0 bridgehead atoms. The second-order valence-corrected chi connectivity index (χ2v) is 14.7. The molecule has 0 spiro atoms. The predicted molar refractivity (Wildman–Crippen MR) is 187 cm³/mol. The topological polar surface area (TPSA) is 17.1 Å². The van der Waals surface area contributed by atoms with Gasteiger partial charge in [0, 0.05) is 10.6 Å². The van der Waals surface area contributed by atoms with Gasteiger partial charge >= 0.3 is 0 Å². The van der Waals surface area contributed by atoms with Crippen LogP contribution in [0.5, 0.6) is 0 Å². The van der Waals surface area contributed by atoms with E-state index in [1.165, 1.54) is 64.6 Å². The zero-order chi connectivity index (χ0) is 28.7. The quantitative estimate of drug-likeness (QED) is 0.154. The predicted octanol–water partition coefficient (Wildman–Crippen LogP) is 10.7. The first-order valence-electron chi connectivity index (χ1n) is 14.8. The zero-order valence-corrected chi connectivity index (χ0v) is 24.6. The number of hydrogen-bond donors (Lipinski definition) is 0. The number of benzene rings is 8. The van der Waals surface area contributed by atoms with Gasteiger partial charge in [-0.15, -0.1) is 0 Å². The summed E-state index contributed by atoms with van der Waals surface area (Å²) < 4.78 is 14.1. The molecule has 0 saturated carbocycles. The van der Waals surface area contributed by atoms with Gasteiger partial charge in [0.05, 0.1) is 0 Å². The van der Waals surface area contributed by atoms with Gasteiger partial charge in [0.25, 0.3) is 0 Å². The summed E-state index contributed by atoms with van der Waals surface area (Å²) in [5.74, 6) is 0. The van der Waals surface area contributed by atoms with Crippen LogP contribution in [0.1, 0.15) is 0 Å². The van der Waals surface area contributed by atoms with Crippen molar-refractivity contribution in [3.05, 3.63) is 146 Å². The van der Waals surface area contributed by atoms with Crippen molar-refractivity contribution < 1.29 is 4.57 Å². The number of fused-ring (bicyclic) bond motifs is 2. The van der Waals surface area contributed by atoms with E-state index in [1.54, 1.807) is 0 Å². The van der Waals surface area contributed by atoms with Gasteiger partial charge in [0.1, 0.15) is 7.14 Å². The summed E-state index contributed by atoms with van der Waals surface area (Å²) in [6, 6.07) is 52.0. The molecular formula is C41H27OP. The fourth-order valence-electron chi connectivity index (χ4n) is 7.26. The van der Waals surface area contributed by atoms with Crippen LogP contribution in [0.4, 0.5) is 0 Å². The van der Waals surface area contributed by atoms with Gasteiger partial charge in [0.15, 0.2) is 0 Å². The molecule has 2 heteroatoms. The first-order valence-corrected chi connectivity index (χ1v) is 16.9. The first kappa shape index (κ1) is 24.6. The molecular weight excluding hydrogens is 539 g/mol. The van der Waals surface area contributed by atoms with Crippen LogP contribution in [-0.2, 0) is 4.57 Å². The molecule has 1 unspecified atom stereocenters. The highest BCUT2D eigenvalue weighted by atomic mass is 31.2. The Kier molecular flexibility index (Phi) is 5.16. The molecule has 0 radical (unpaired) electrons. The van der Waals surface area contributed by atoms with Crippen LogP contribution in [0.25, 0.3) is 75.8 Å². The van der Waals surface area contributed by atoms with E-state index in [0.717, 1.165) is 21.7 Å². The van der Waals surface area contributed by atoms with E-state index in [-0.39, 0.29) is 0 Å². The van der Waals surface area contributed by atoms with Crippen LogP contribution in [0, 0.1) is 0 Å². The molecule has 0 aliphatic heterocycles. The standard InChI is InChI=1S/C41H27OP/c1-43(42,32-13-3-2-4-14-32)33-15-5-12-29(24-33)31-23-30-22-21-28-10-7-17-35-34-16-6-9-26-19-20-27-11-8-18-36(40(27)38(26)34)37(25-31)41(30)39(28)35/h2-25H,1H3. The highest BCUT2D eigenvalue weighted by Gasteiger charge is 2.22. The van der Waals surface area contributed by atoms with Gasteiger partial charge in [-0.05, 0) is 101 Å². The van der Waals surface area contributed by atoms with E-state index < -0.39 is 7.14 Å². The van der Waals surface area contributed by atoms with Crippen molar-refractivity contribution in [2.24, 2.45) is 0 Å². The third kappa shape index (κ3) is 3.56. The van der Waals surface area contributed by atoms with Crippen molar-refractivity contribution in [1.82, 2.24) is 0 Å². The van der Waals surface area contributed by atoms with E-state index in [0.29, 0.717) is 0 Å². The molecule has 0 aliphatic carbocycles. The van der Waals surface area contributed by atoms with E-state index in [1.807, 2.05) is 49.1 Å². The van der Waals surface area contributed by atoms with Gasteiger partial charge in [-0.1, -0.05) is 127 Å². The van der Waals surface area contributed by atoms with Crippen molar-refractivity contribution in [2.45, 2.75) is 0 Å². The van der Waals surface area contributed by atoms with Gasteiger partial charge in [-0.25, -0.2) is 0 Å². The van der Waals surface area contributed by atoms with E-state index in [9.17, 15) is 4.57 Å². The SMILES string of the molecule is CP(=O)(c1ccccc1)c1cccc(-c2cc3ccc4cccc5c6cccc7ccc8cccc(c(c2)c3c45)c8c76)c1. The fraction of sp³-hybridized carbons (Fsp3) is 0.0244. The lowest BCUT2D eigenvalue weighted by atomic mass is 9.86. The van der Waals surface area contributed by atoms with Gasteiger partial charge in [-0.3, -0.25) is 0 Å². The Balaban J connectivity index is 1.44. The Labute approximate surface area is 249 Å². The second kappa shape index (κ2) is 9.01. The summed E-state index contributed by atoms with van der Waals surface area (Å²) in [6.45, 7) is 1.88. The maximum Gasteiger partial charge on any atom is 0.140 e. The smallest absolute Gasteiger partial charge is 0.140 e. The first-order chi connectivity index (χ1) is 21.1. The summed E-state index contributed by atoms with van der Waals surface area (Å²) in [5.41, 5.74) is 2.21. The van der Waals surface area contributed by atoms with Crippen LogP contribution in [0.15, 0.2) is 146 Å². The summed E-state index contributed by atoms with van der Waals surface area (Å²) in [6.07, 6.45) is 0. The average molecular weight is 567 g/mol. The number of rotatable bonds is 3. The Morgan fingerprint density at radius 1 is 0.372 bits per heavy atom. The summed E-state index contributed by atoms with van der Waals surface area (Å²) in [7, 11) is -2.75. The molecule has 1 nitrogen and oxygen atoms in total. The van der Waals surface area contributed by atoms with Crippen LogP contribution < -0.4 is 10.6 Å². The third-order valence-corrected chi connectivity index (χ3v) is 11.9. The lowest BCUT2D eigenvalue weighted by molar-refractivity contribution is 0.590. The van der Waals surface area contributed by atoms with Crippen molar-refractivity contribution in [2.75, 3.05) is 6.66 Å². The van der Waals surface area contributed by atoms with Crippen molar-refractivity contribution in [1.29, 1.82) is 0 Å². The lowest BCUT2D eigenvalue weighted by Crippen LogP contribution is -2.14. The molecule has 202 valence electrons. The second-order valence-electron chi connectivity index (χ2n) is 11.8. The summed E-state index contributed by atoms with van der Waals surface area (Å²) in [4.78, 5) is 0. The molecule has 0 fully saturated rings. The minimum atomic E-state index is -2.75. The normalized spacial score (nSPS) is 13.5. The van der Waals surface area contributed by atoms with Crippen LogP contribution in [-0.4, -0.2) is 6.66 Å². The Morgan fingerprint density at radius 3 is 1.47 bits per heavy atom. The molecule has 9 aromatic carbocycles. The van der Waals surface area contributed by atoms with Crippen molar-refractivity contribution >= 4 is 82.4 Å². The van der Waals surface area contributed by atoms with E-state index in [4.69, 9.17) is 0 Å². The molecule has 0 amide bonds.